The number of amides is 3. The molecule has 0 aromatic rings. The second kappa shape index (κ2) is 16.3. The first-order valence-corrected chi connectivity index (χ1v) is 11.7. The summed E-state index contributed by atoms with van der Waals surface area (Å²) < 4.78 is 0. The molecule has 32 heavy (non-hydrogen) atoms. The molecule has 0 saturated carbocycles. The highest BCUT2D eigenvalue weighted by molar-refractivity contribution is 7.98. The van der Waals surface area contributed by atoms with Crippen LogP contribution in [0.25, 0.3) is 0 Å². The van der Waals surface area contributed by atoms with Gasteiger partial charge < -0.3 is 37.6 Å². The summed E-state index contributed by atoms with van der Waals surface area (Å²) in [7, 11) is 0. The van der Waals surface area contributed by atoms with Crippen molar-refractivity contribution in [1.29, 1.82) is 0 Å². The van der Waals surface area contributed by atoms with Gasteiger partial charge in [0.05, 0.1) is 6.04 Å². The molecular weight excluding hydrogens is 442 g/mol. The molecule has 4 atom stereocenters. The normalized spacial score (nSPS) is 14.5. The van der Waals surface area contributed by atoms with E-state index in [2.05, 4.69) is 16.0 Å². The van der Waals surface area contributed by atoms with Gasteiger partial charge in [-0.3, -0.25) is 19.2 Å². The Bertz CT molecular complexity index is 650. The van der Waals surface area contributed by atoms with Crippen LogP contribution in [0.1, 0.15) is 45.4 Å². The molecule has 0 spiro atoms. The first kappa shape index (κ1) is 29.6. The lowest BCUT2D eigenvalue weighted by molar-refractivity contribution is -0.142. The summed E-state index contributed by atoms with van der Waals surface area (Å²) in [6.07, 6.45) is 3.03. The maximum Gasteiger partial charge on any atom is 0.326 e. The van der Waals surface area contributed by atoms with Gasteiger partial charge >= 0.3 is 11.9 Å². The fourth-order valence-corrected chi connectivity index (χ4v) is 3.09. The summed E-state index contributed by atoms with van der Waals surface area (Å²) in [5.41, 5.74) is 11.2. The third-order valence-electron chi connectivity index (χ3n) is 4.56. The Morgan fingerprint density at radius 3 is 2.03 bits per heavy atom. The SMILES string of the molecule is CSCCC(NC(=O)C(C)NC(=O)C(CCCCN)NC(=O)C(N)CCC(=O)O)C(=O)O. The van der Waals surface area contributed by atoms with Crippen LogP contribution < -0.4 is 27.4 Å². The molecule has 0 aromatic heterocycles. The van der Waals surface area contributed by atoms with Gasteiger partial charge in [-0.25, -0.2) is 4.79 Å². The lowest BCUT2D eigenvalue weighted by atomic mass is 10.1. The van der Waals surface area contributed by atoms with E-state index in [9.17, 15) is 29.1 Å². The van der Waals surface area contributed by atoms with Gasteiger partial charge in [-0.05, 0) is 57.6 Å². The van der Waals surface area contributed by atoms with E-state index in [1.165, 1.54) is 18.7 Å². The summed E-state index contributed by atoms with van der Waals surface area (Å²) in [6.45, 7) is 1.80. The minimum absolute atomic E-state index is 0.0935. The molecule has 3 amide bonds. The first-order valence-electron chi connectivity index (χ1n) is 10.3. The van der Waals surface area contributed by atoms with Crippen molar-refractivity contribution >= 4 is 41.4 Å². The van der Waals surface area contributed by atoms with Crippen LogP contribution >= 0.6 is 11.8 Å². The molecule has 0 radical (unpaired) electrons. The van der Waals surface area contributed by atoms with E-state index in [-0.39, 0.29) is 25.7 Å². The highest BCUT2D eigenvalue weighted by Gasteiger charge is 2.28. The highest BCUT2D eigenvalue weighted by Crippen LogP contribution is 2.05. The summed E-state index contributed by atoms with van der Waals surface area (Å²) in [5.74, 6) is -3.72. The zero-order valence-corrected chi connectivity index (χ0v) is 19.3. The average molecular weight is 478 g/mol. The van der Waals surface area contributed by atoms with Crippen molar-refractivity contribution in [2.75, 3.05) is 18.6 Å². The minimum atomic E-state index is -1.17. The Balaban J connectivity index is 5.02. The molecular formula is C19H35N5O7S. The number of nitrogens with one attached hydrogen (secondary N) is 3. The molecule has 0 rings (SSSR count). The van der Waals surface area contributed by atoms with E-state index >= 15 is 0 Å². The number of hydrogen-bond acceptors (Lipinski definition) is 8. The van der Waals surface area contributed by atoms with E-state index in [0.29, 0.717) is 25.1 Å². The zero-order chi connectivity index (χ0) is 24.7. The molecule has 0 aliphatic carbocycles. The summed E-state index contributed by atoms with van der Waals surface area (Å²) in [5, 5.41) is 25.3. The fraction of sp³-hybridized carbons (Fsp3) is 0.737. The van der Waals surface area contributed by atoms with Crippen LogP contribution in [0.2, 0.25) is 0 Å². The van der Waals surface area contributed by atoms with Crippen LogP contribution in [0.4, 0.5) is 0 Å². The Morgan fingerprint density at radius 2 is 1.50 bits per heavy atom. The van der Waals surface area contributed by atoms with E-state index in [1.54, 1.807) is 0 Å². The topological polar surface area (TPSA) is 214 Å². The minimum Gasteiger partial charge on any atom is -0.481 e. The summed E-state index contributed by atoms with van der Waals surface area (Å²) >= 11 is 1.44. The van der Waals surface area contributed by atoms with Gasteiger partial charge in [0, 0.05) is 6.42 Å². The maximum atomic E-state index is 12.7. The van der Waals surface area contributed by atoms with Crippen LogP contribution in [0.15, 0.2) is 0 Å². The molecule has 0 aliphatic heterocycles. The van der Waals surface area contributed by atoms with Gasteiger partial charge in [0.1, 0.15) is 18.1 Å². The van der Waals surface area contributed by atoms with Gasteiger partial charge in [0.25, 0.3) is 0 Å². The first-order chi connectivity index (χ1) is 15.0. The third-order valence-corrected chi connectivity index (χ3v) is 5.21. The van der Waals surface area contributed by atoms with Crippen molar-refractivity contribution in [3.63, 3.8) is 0 Å². The predicted octanol–water partition coefficient (Wildman–Crippen LogP) is -1.38. The third kappa shape index (κ3) is 12.5. The number of carboxylic acids is 2. The van der Waals surface area contributed by atoms with Gasteiger partial charge in [0.15, 0.2) is 0 Å². The smallest absolute Gasteiger partial charge is 0.326 e. The molecule has 0 aliphatic rings. The number of rotatable bonds is 17. The molecule has 0 aromatic carbocycles. The number of carboxylic acid groups (broad SMARTS) is 2. The van der Waals surface area contributed by atoms with Crippen molar-refractivity contribution in [2.24, 2.45) is 11.5 Å². The number of aliphatic carboxylic acids is 2. The number of unbranched alkanes of at least 4 members (excludes halogenated alkanes) is 1. The Kier molecular flexibility index (Phi) is 15.1. The quantitative estimate of drug-likeness (QED) is 0.122. The van der Waals surface area contributed by atoms with E-state index < -0.39 is 53.8 Å². The lowest BCUT2D eigenvalue weighted by Gasteiger charge is -2.23. The second-order valence-corrected chi connectivity index (χ2v) is 8.28. The summed E-state index contributed by atoms with van der Waals surface area (Å²) in [6, 6.07) is -4.24. The predicted molar refractivity (Wildman–Crippen MR) is 120 cm³/mol. The van der Waals surface area contributed by atoms with Crippen LogP contribution in [0.5, 0.6) is 0 Å². The molecule has 0 saturated heterocycles. The zero-order valence-electron chi connectivity index (χ0n) is 18.5. The van der Waals surface area contributed by atoms with Crippen molar-refractivity contribution < 1.29 is 34.2 Å². The van der Waals surface area contributed by atoms with Gasteiger partial charge in [0.2, 0.25) is 17.7 Å². The molecule has 13 heteroatoms. The number of carbonyl (C=O) groups excluding carboxylic acids is 3. The Labute approximate surface area is 191 Å². The second-order valence-electron chi connectivity index (χ2n) is 7.30. The molecule has 9 N–H and O–H groups in total. The molecule has 0 heterocycles. The number of hydrogen-bond donors (Lipinski definition) is 7. The Morgan fingerprint density at radius 1 is 0.875 bits per heavy atom. The standard InChI is InChI=1S/C19H35N5O7S/c1-11(16(27)24-14(19(30)31)8-10-32-2)22-18(29)13(5-3-4-9-20)23-17(28)12(21)6-7-15(25)26/h11-14H,3-10,20-21H2,1-2H3,(H,22,29)(H,23,28)(H,24,27)(H,25,26)(H,30,31). The van der Waals surface area contributed by atoms with Crippen LogP contribution in [0.3, 0.4) is 0 Å². The van der Waals surface area contributed by atoms with Gasteiger partial charge in [-0.15, -0.1) is 0 Å². The van der Waals surface area contributed by atoms with Crippen LogP contribution in [-0.2, 0) is 24.0 Å². The fourth-order valence-electron chi connectivity index (χ4n) is 2.62. The summed E-state index contributed by atoms with van der Waals surface area (Å²) in [4.78, 5) is 59.2. The molecule has 4 unspecified atom stereocenters. The number of thioether (sulfide) groups is 1. The van der Waals surface area contributed by atoms with Crippen LogP contribution in [0, 0.1) is 0 Å². The van der Waals surface area contributed by atoms with E-state index in [0.717, 1.165) is 0 Å². The highest BCUT2D eigenvalue weighted by atomic mass is 32.2. The van der Waals surface area contributed by atoms with Gasteiger partial charge in [-0.2, -0.15) is 11.8 Å². The Hall–Kier alpha value is -2.38. The van der Waals surface area contributed by atoms with Crippen LogP contribution in [-0.4, -0.2) is 82.6 Å². The number of nitrogens with two attached hydrogens (primary N) is 2. The molecule has 12 nitrogen and oxygen atoms in total. The van der Waals surface area contributed by atoms with Crippen molar-refractivity contribution in [1.82, 2.24) is 16.0 Å². The monoisotopic (exact) mass is 477 g/mol. The lowest BCUT2D eigenvalue weighted by Crippen LogP contribution is -2.56. The molecule has 184 valence electrons. The van der Waals surface area contributed by atoms with Gasteiger partial charge in [-0.1, -0.05) is 0 Å². The molecule has 0 fully saturated rings. The number of carbonyl (C=O) groups is 5. The largest absolute Gasteiger partial charge is 0.481 e. The van der Waals surface area contributed by atoms with Crippen molar-refractivity contribution in [3.8, 4) is 0 Å². The maximum absolute atomic E-state index is 12.7. The van der Waals surface area contributed by atoms with E-state index in [4.69, 9.17) is 16.6 Å². The molecule has 0 bridgehead atoms. The average Bonchev–Trinajstić information content (AvgIpc) is 2.73. The van der Waals surface area contributed by atoms with E-state index in [1.807, 2.05) is 6.26 Å². The van der Waals surface area contributed by atoms with Crippen molar-refractivity contribution in [2.45, 2.75) is 69.6 Å². The van der Waals surface area contributed by atoms with Crippen molar-refractivity contribution in [3.05, 3.63) is 0 Å².